The van der Waals surface area contributed by atoms with Crippen molar-refractivity contribution in [2.75, 3.05) is 39.3 Å². The molecule has 1 aromatic carbocycles. The normalized spacial score (nSPS) is 23.0. The van der Waals surface area contributed by atoms with Crippen molar-refractivity contribution in [1.82, 2.24) is 15.1 Å². The fourth-order valence-electron chi connectivity index (χ4n) is 3.25. The van der Waals surface area contributed by atoms with Crippen LogP contribution in [0.4, 0.5) is 0 Å². The summed E-state index contributed by atoms with van der Waals surface area (Å²) in [7, 11) is 0. The van der Waals surface area contributed by atoms with Crippen LogP contribution in [0.25, 0.3) is 0 Å². The van der Waals surface area contributed by atoms with Crippen LogP contribution in [0.5, 0.6) is 0 Å². The molecule has 0 spiro atoms. The number of rotatable bonds is 3. The van der Waals surface area contributed by atoms with E-state index in [1.54, 1.807) is 12.1 Å². The minimum Gasteiger partial charge on any atom is -0.341 e. The molecule has 1 amide bonds. The first-order valence-corrected chi connectivity index (χ1v) is 8.55. The summed E-state index contributed by atoms with van der Waals surface area (Å²) in [6, 6.07) is 5.82. The fraction of sp³-hybridized carbons (Fsp3) is 0.562. The van der Waals surface area contributed by atoms with Gasteiger partial charge in [-0.05, 0) is 24.1 Å². The molecule has 1 unspecified atom stereocenters. The quantitative estimate of drug-likeness (QED) is 0.913. The maximum Gasteiger partial charge on any atom is 0.227 e. The molecule has 2 aliphatic heterocycles. The van der Waals surface area contributed by atoms with Gasteiger partial charge in [-0.25, -0.2) is 0 Å². The van der Waals surface area contributed by atoms with E-state index in [1.165, 1.54) is 0 Å². The SMILES string of the molecule is O=C(Cc1ccc(Cl)cc1Cl)N1CCC(N2CCNCC2)C1. The highest BCUT2D eigenvalue weighted by Crippen LogP contribution is 2.23. The number of nitrogens with zero attached hydrogens (tertiary/aromatic N) is 2. The first-order valence-electron chi connectivity index (χ1n) is 7.80. The van der Waals surface area contributed by atoms with Crippen molar-refractivity contribution in [2.45, 2.75) is 18.9 Å². The number of benzene rings is 1. The molecule has 1 aromatic rings. The van der Waals surface area contributed by atoms with Crippen LogP contribution < -0.4 is 5.32 Å². The average Bonchev–Trinajstić information content (AvgIpc) is 3.01. The second-order valence-corrected chi connectivity index (χ2v) is 6.82. The van der Waals surface area contributed by atoms with E-state index < -0.39 is 0 Å². The molecular formula is C16H21Cl2N3O. The lowest BCUT2D eigenvalue weighted by atomic mass is 10.1. The first-order chi connectivity index (χ1) is 10.6. The molecule has 0 saturated carbocycles. The Kier molecular flexibility index (Phi) is 5.24. The molecular weight excluding hydrogens is 321 g/mol. The van der Waals surface area contributed by atoms with E-state index in [0.717, 1.165) is 51.3 Å². The summed E-state index contributed by atoms with van der Waals surface area (Å²) in [5.74, 6) is 0.154. The summed E-state index contributed by atoms with van der Waals surface area (Å²) in [5, 5.41) is 4.53. The summed E-state index contributed by atoms with van der Waals surface area (Å²) >= 11 is 12.1. The predicted molar refractivity (Wildman–Crippen MR) is 89.6 cm³/mol. The van der Waals surface area contributed by atoms with Crippen molar-refractivity contribution >= 4 is 29.1 Å². The van der Waals surface area contributed by atoms with E-state index in [0.29, 0.717) is 22.5 Å². The van der Waals surface area contributed by atoms with Crippen LogP contribution in [0.1, 0.15) is 12.0 Å². The van der Waals surface area contributed by atoms with Crippen LogP contribution in [0, 0.1) is 0 Å². The summed E-state index contributed by atoms with van der Waals surface area (Å²) in [6.07, 6.45) is 1.42. The molecule has 2 saturated heterocycles. The average molecular weight is 342 g/mol. The van der Waals surface area contributed by atoms with E-state index >= 15 is 0 Å². The minimum atomic E-state index is 0.154. The summed E-state index contributed by atoms with van der Waals surface area (Å²) < 4.78 is 0. The van der Waals surface area contributed by atoms with Crippen molar-refractivity contribution < 1.29 is 4.79 Å². The zero-order valence-corrected chi connectivity index (χ0v) is 14.0. The van der Waals surface area contributed by atoms with Crippen LogP contribution in [0.2, 0.25) is 10.0 Å². The van der Waals surface area contributed by atoms with Crippen molar-refractivity contribution in [3.63, 3.8) is 0 Å². The zero-order chi connectivity index (χ0) is 15.5. The largest absolute Gasteiger partial charge is 0.341 e. The molecule has 2 fully saturated rings. The molecule has 3 rings (SSSR count). The molecule has 1 atom stereocenters. The van der Waals surface area contributed by atoms with Gasteiger partial charge in [0.1, 0.15) is 0 Å². The lowest BCUT2D eigenvalue weighted by molar-refractivity contribution is -0.129. The third kappa shape index (κ3) is 3.74. The number of likely N-dealkylation sites (tertiary alicyclic amines) is 1. The number of amides is 1. The standard InChI is InChI=1S/C16H21Cl2N3O/c17-13-2-1-12(15(18)10-13)9-16(22)21-6-3-14(11-21)20-7-4-19-5-8-20/h1-2,10,14,19H,3-9,11H2. The van der Waals surface area contributed by atoms with Gasteiger partial charge in [-0.15, -0.1) is 0 Å². The molecule has 0 aromatic heterocycles. The van der Waals surface area contributed by atoms with Crippen LogP contribution in [0.3, 0.4) is 0 Å². The van der Waals surface area contributed by atoms with Crippen LogP contribution in [-0.4, -0.2) is 61.0 Å². The van der Waals surface area contributed by atoms with Gasteiger partial charge in [-0.2, -0.15) is 0 Å². The summed E-state index contributed by atoms with van der Waals surface area (Å²) in [6.45, 7) is 5.93. The lowest BCUT2D eigenvalue weighted by Crippen LogP contribution is -2.49. The lowest BCUT2D eigenvalue weighted by Gasteiger charge is -2.32. The van der Waals surface area contributed by atoms with E-state index in [1.807, 2.05) is 11.0 Å². The highest BCUT2D eigenvalue weighted by Gasteiger charge is 2.30. The third-order valence-electron chi connectivity index (χ3n) is 4.54. The van der Waals surface area contributed by atoms with Gasteiger partial charge >= 0.3 is 0 Å². The van der Waals surface area contributed by atoms with E-state index in [4.69, 9.17) is 23.2 Å². The monoisotopic (exact) mass is 341 g/mol. The smallest absolute Gasteiger partial charge is 0.227 e. The van der Waals surface area contributed by atoms with Gasteiger partial charge in [-0.3, -0.25) is 9.69 Å². The number of nitrogens with one attached hydrogen (secondary N) is 1. The number of carbonyl (C=O) groups excluding carboxylic acids is 1. The van der Waals surface area contributed by atoms with Gasteiger partial charge in [0, 0.05) is 55.4 Å². The Hall–Kier alpha value is -0.810. The Morgan fingerprint density at radius 3 is 2.73 bits per heavy atom. The maximum atomic E-state index is 12.5. The number of carbonyl (C=O) groups is 1. The van der Waals surface area contributed by atoms with Crippen molar-refractivity contribution in [1.29, 1.82) is 0 Å². The zero-order valence-electron chi connectivity index (χ0n) is 12.5. The highest BCUT2D eigenvalue weighted by atomic mass is 35.5. The summed E-state index contributed by atoms with van der Waals surface area (Å²) in [5.41, 5.74) is 0.849. The Labute approximate surface area is 141 Å². The molecule has 0 radical (unpaired) electrons. The van der Waals surface area contributed by atoms with Gasteiger partial charge in [0.15, 0.2) is 0 Å². The molecule has 4 nitrogen and oxygen atoms in total. The second-order valence-electron chi connectivity index (χ2n) is 5.98. The third-order valence-corrected chi connectivity index (χ3v) is 5.13. The maximum absolute atomic E-state index is 12.5. The van der Waals surface area contributed by atoms with Crippen molar-refractivity contribution in [2.24, 2.45) is 0 Å². The molecule has 1 N–H and O–H groups in total. The first kappa shape index (κ1) is 16.1. The number of piperazine rings is 1. The Balaban J connectivity index is 1.57. The number of hydrogen-bond acceptors (Lipinski definition) is 3. The van der Waals surface area contributed by atoms with E-state index in [-0.39, 0.29) is 5.91 Å². The number of hydrogen-bond donors (Lipinski definition) is 1. The van der Waals surface area contributed by atoms with Crippen LogP contribution in [-0.2, 0) is 11.2 Å². The van der Waals surface area contributed by atoms with Gasteiger partial charge in [0.2, 0.25) is 5.91 Å². The second kappa shape index (κ2) is 7.18. The molecule has 6 heteroatoms. The Bertz CT molecular complexity index is 546. The minimum absolute atomic E-state index is 0.154. The van der Waals surface area contributed by atoms with Crippen LogP contribution >= 0.6 is 23.2 Å². The fourth-order valence-corrected chi connectivity index (χ4v) is 3.73. The van der Waals surface area contributed by atoms with Crippen molar-refractivity contribution in [3.8, 4) is 0 Å². The topological polar surface area (TPSA) is 35.6 Å². The molecule has 2 heterocycles. The van der Waals surface area contributed by atoms with Gasteiger partial charge in [0.05, 0.1) is 6.42 Å². The van der Waals surface area contributed by atoms with Gasteiger partial charge in [0.25, 0.3) is 0 Å². The van der Waals surface area contributed by atoms with E-state index in [9.17, 15) is 4.79 Å². The molecule has 0 bridgehead atoms. The molecule has 22 heavy (non-hydrogen) atoms. The molecule has 2 aliphatic rings. The highest BCUT2D eigenvalue weighted by molar-refractivity contribution is 6.35. The number of halogens is 2. The van der Waals surface area contributed by atoms with Gasteiger partial charge in [-0.1, -0.05) is 29.3 Å². The Morgan fingerprint density at radius 2 is 2.00 bits per heavy atom. The van der Waals surface area contributed by atoms with Crippen molar-refractivity contribution in [3.05, 3.63) is 33.8 Å². The predicted octanol–water partition coefficient (Wildman–Crippen LogP) is 2.04. The van der Waals surface area contributed by atoms with E-state index in [2.05, 4.69) is 10.2 Å². The molecule has 0 aliphatic carbocycles. The van der Waals surface area contributed by atoms with Crippen LogP contribution in [0.15, 0.2) is 18.2 Å². The summed E-state index contributed by atoms with van der Waals surface area (Å²) in [4.78, 5) is 17.0. The van der Waals surface area contributed by atoms with Gasteiger partial charge < -0.3 is 10.2 Å². The molecule has 120 valence electrons. The Morgan fingerprint density at radius 1 is 1.23 bits per heavy atom.